The van der Waals surface area contributed by atoms with Crippen molar-refractivity contribution >= 4 is 11.8 Å². The van der Waals surface area contributed by atoms with E-state index in [4.69, 9.17) is 0 Å². The number of hydrogen-bond donors (Lipinski definition) is 2. The largest absolute Gasteiger partial charge is 0.273 e. The number of pyridine rings is 1. The summed E-state index contributed by atoms with van der Waals surface area (Å²) < 4.78 is 0. The Morgan fingerprint density at radius 1 is 1.44 bits per heavy atom. The first-order valence-electron chi connectivity index (χ1n) is 5.18. The highest BCUT2D eigenvalue weighted by Crippen LogP contribution is 2.37. The summed E-state index contributed by atoms with van der Waals surface area (Å²) in [6, 6.07) is 3.30. The quantitative estimate of drug-likeness (QED) is 0.711. The van der Waals surface area contributed by atoms with Crippen LogP contribution in [0.3, 0.4) is 0 Å². The topological polar surface area (TPSA) is 71.1 Å². The van der Waals surface area contributed by atoms with Crippen molar-refractivity contribution in [2.45, 2.75) is 13.3 Å². The molecule has 1 saturated carbocycles. The average molecular weight is 219 g/mol. The third-order valence-electron chi connectivity index (χ3n) is 2.67. The number of hydrazine groups is 1. The Kier molecular flexibility index (Phi) is 2.85. The number of amides is 2. The van der Waals surface area contributed by atoms with E-state index >= 15 is 0 Å². The van der Waals surface area contributed by atoms with Gasteiger partial charge in [0.2, 0.25) is 5.91 Å². The van der Waals surface area contributed by atoms with E-state index in [-0.39, 0.29) is 17.7 Å². The predicted octanol–water partition coefficient (Wildman–Crippen LogP) is 0.499. The normalized spacial score (nSPS) is 22.3. The van der Waals surface area contributed by atoms with Gasteiger partial charge < -0.3 is 0 Å². The molecule has 5 nitrogen and oxygen atoms in total. The summed E-state index contributed by atoms with van der Waals surface area (Å²) >= 11 is 0. The van der Waals surface area contributed by atoms with Gasteiger partial charge in [0.1, 0.15) is 0 Å². The second-order valence-corrected chi connectivity index (χ2v) is 4.00. The molecule has 0 saturated heterocycles. The summed E-state index contributed by atoms with van der Waals surface area (Å²) in [7, 11) is 0. The lowest BCUT2D eigenvalue weighted by molar-refractivity contribution is -0.123. The lowest BCUT2D eigenvalue weighted by Crippen LogP contribution is -2.42. The molecule has 0 aromatic carbocycles. The summed E-state index contributed by atoms with van der Waals surface area (Å²) in [6.45, 7) is 2.01. The fourth-order valence-corrected chi connectivity index (χ4v) is 1.47. The fourth-order valence-electron chi connectivity index (χ4n) is 1.47. The molecule has 16 heavy (non-hydrogen) atoms. The number of carbonyl (C=O) groups is 2. The molecule has 0 radical (unpaired) electrons. The Morgan fingerprint density at radius 2 is 2.19 bits per heavy atom. The Bertz CT molecular complexity index is 405. The maximum absolute atomic E-state index is 11.5. The zero-order chi connectivity index (χ0) is 11.5. The molecule has 0 aliphatic heterocycles. The number of hydrogen-bond acceptors (Lipinski definition) is 3. The van der Waals surface area contributed by atoms with Crippen molar-refractivity contribution in [2.75, 3.05) is 0 Å². The van der Waals surface area contributed by atoms with E-state index in [1.54, 1.807) is 18.3 Å². The second-order valence-electron chi connectivity index (χ2n) is 4.00. The fraction of sp³-hybridized carbons (Fsp3) is 0.364. The summed E-state index contributed by atoms with van der Waals surface area (Å²) in [5.74, 6) is 0.00369. The zero-order valence-corrected chi connectivity index (χ0v) is 8.93. The van der Waals surface area contributed by atoms with E-state index in [1.807, 2.05) is 6.92 Å². The van der Waals surface area contributed by atoms with E-state index in [0.717, 1.165) is 6.42 Å². The molecule has 0 bridgehead atoms. The zero-order valence-electron chi connectivity index (χ0n) is 8.93. The molecular formula is C11H13N3O2. The van der Waals surface area contributed by atoms with Crippen molar-refractivity contribution in [1.82, 2.24) is 15.8 Å². The van der Waals surface area contributed by atoms with Crippen molar-refractivity contribution in [3.05, 3.63) is 30.1 Å². The standard InChI is InChI=1S/C11H13N3O2/c1-7-5-9(7)11(16)14-13-10(15)8-3-2-4-12-6-8/h2-4,6-7,9H,5H2,1H3,(H,13,15)(H,14,16). The number of nitrogens with one attached hydrogen (secondary N) is 2. The molecular weight excluding hydrogens is 206 g/mol. The van der Waals surface area contributed by atoms with E-state index in [0.29, 0.717) is 11.5 Å². The number of carbonyl (C=O) groups excluding carboxylic acids is 2. The van der Waals surface area contributed by atoms with Gasteiger partial charge in [-0.1, -0.05) is 6.92 Å². The van der Waals surface area contributed by atoms with Gasteiger partial charge in [0.05, 0.1) is 5.56 Å². The Morgan fingerprint density at radius 3 is 2.75 bits per heavy atom. The summed E-state index contributed by atoms with van der Waals surface area (Å²) in [6.07, 6.45) is 3.93. The predicted molar refractivity (Wildman–Crippen MR) is 57.1 cm³/mol. The van der Waals surface area contributed by atoms with Crippen LogP contribution in [-0.4, -0.2) is 16.8 Å². The van der Waals surface area contributed by atoms with Crippen LogP contribution in [0, 0.1) is 11.8 Å². The highest BCUT2D eigenvalue weighted by atomic mass is 16.2. The van der Waals surface area contributed by atoms with E-state index in [1.165, 1.54) is 6.20 Å². The molecule has 2 amide bonds. The lowest BCUT2D eigenvalue weighted by atomic mass is 10.3. The van der Waals surface area contributed by atoms with E-state index < -0.39 is 0 Å². The molecule has 1 aromatic rings. The molecule has 0 spiro atoms. The molecule has 2 rings (SSSR count). The highest BCUT2D eigenvalue weighted by Gasteiger charge is 2.39. The highest BCUT2D eigenvalue weighted by molar-refractivity contribution is 5.95. The lowest BCUT2D eigenvalue weighted by Gasteiger charge is -2.06. The van der Waals surface area contributed by atoms with Gasteiger partial charge in [-0.25, -0.2) is 0 Å². The van der Waals surface area contributed by atoms with E-state index in [9.17, 15) is 9.59 Å². The maximum atomic E-state index is 11.5. The first-order chi connectivity index (χ1) is 7.68. The van der Waals surface area contributed by atoms with Crippen LogP contribution in [0.15, 0.2) is 24.5 Å². The third kappa shape index (κ3) is 2.36. The van der Waals surface area contributed by atoms with Crippen LogP contribution < -0.4 is 10.9 Å². The smallest absolute Gasteiger partial charge is 0.271 e. The molecule has 2 N–H and O–H groups in total. The van der Waals surface area contributed by atoms with Crippen LogP contribution in [0.5, 0.6) is 0 Å². The molecule has 1 aromatic heterocycles. The minimum absolute atomic E-state index is 0.0502. The van der Waals surface area contributed by atoms with Crippen molar-refractivity contribution in [2.24, 2.45) is 11.8 Å². The SMILES string of the molecule is CC1CC1C(=O)NNC(=O)c1cccnc1. The molecule has 84 valence electrons. The minimum atomic E-state index is -0.352. The van der Waals surface area contributed by atoms with Gasteiger partial charge in [0.15, 0.2) is 0 Å². The molecule has 1 aliphatic rings. The Balaban J connectivity index is 1.82. The molecule has 1 heterocycles. The van der Waals surface area contributed by atoms with Crippen molar-refractivity contribution in [3.63, 3.8) is 0 Å². The molecule has 2 unspecified atom stereocenters. The molecule has 2 atom stereocenters. The summed E-state index contributed by atoms with van der Waals surface area (Å²) in [5, 5.41) is 0. The summed E-state index contributed by atoms with van der Waals surface area (Å²) in [5.41, 5.74) is 5.19. The first kappa shape index (κ1) is 10.6. The van der Waals surface area contributed by atoms with Crippen LogP contribution in [0.2, 0.25) is 0 Å². The van der Waals surface area contributed by atoms with Gasteiger partial charge in [-0.2, -0.15) is 0 Å². The Labute approximate surface area is 93.2 Å². The monoisotopic (exact) mass is 219 g/mol. The maximum Gasteiger partial charge on any atom is 0.271 e. The average Bonchev–Trinajstić information content (AvgIpc) is 3.04. The van der Waals surface area contributed by atoms with Crippen LogP contribution >= 0.6 is 0 Å². The van der Waals surface area contributed by atoms with Gasteiger partial charge >= 0.3 is 0 Å². The number of nitrogens with zero attached hydrogens (tertiary/aromatic N) is 1. The van der Waals surface area contributed by atoms with Gasteiger partial charge in [-0.05, 0) is 24.5 Å². The molecule has 1 fully saturated rings. The van der Waals surface area contributed by atoms with Gasteiger partial charge in [-0.15, -0.1) is 0 Å². The Hall–Kier alpha value is -1.91. The van der Waals surface area contributed by atoms with Crippen molar-refractivity contribution < 1.29 is 9.59 Å². The van der Waals surface area contributed by atoms with E-state index in [2.05, 4.69) is 15.8 Å². The molecule has 1 aliphatic carbocycles. The van der Waals surface area contributed by atoms with Gasteiger partial charge in [-0.3, -0.25) is 25.4 Å². The van der Waals surface area contributed by atoms with Gasteiger partial charge in [0, 0.05) is 18.3 Å². The van der Waals surface area contributed by atoms with Crippen molar-refractivity contribution in [1.29, 1.82) is 0 Å². The van der Waals surface area contributed by atoms with Crippen LogP contribution in [-0.2, 0) is 4.79 Å². The molecule has 5 heteroatoms. The van der Waals surface area contributed by atoms with Crippen LogP contribution in [0.4, 0.5) is 0 Å². The minimum Gasteiger partial charge on any atom is -0.273 e. The third-order valence-corrected chi connectivity index (χ3v) is 2.67. The van der Waals surface area contributed by atoms with Crippen molar-refractivity contribution in [3.8, 4) is 0 Å². The summed E-state index contributed by atoms with van der Waals surface area (Å²) in [4.78, 5) is 26.7. The van der Waals surface area contributed by atoms with Crippen LogP contribution in [0.25, 0.3) is 0 Å². The first-order valence-corrected chi connectivity index (χ1v) is 5.18. The second kappa shape index (κ2) is 4.30. The van der Waals surface area contributed by atoms with Gasteiger partial charge in [0.25, 0.3) is 5.91 Å². The number of aromatic nitrogens is 1. The number of rotatable bonds is 2. The van der Waals surface area contributed by atoms with Crippen LogP contribution in [0.1, 0.15) is 23.7 Å².